The maximum atomic E-state index is 3.63. The summed E-state index contributed by atoms with van der Waals surface area (Å²) in [6, 6.07) is 2.46. The van der Waals surface area contributed by atoms with Crippen LogP contribution in [0, 0.1) is 0 Å². The van der Waals surface area contributed by atoms with Gasteiger partial charge in [0.2, 0.25) is 0 Å². The number of likely N-dealkylation sites (N-methyl/N-ethyl adjacent to an activating group) is 1. The lowest BCUT2D eigenvalue weighted by molar-refractivity contribution is 0.126. The summed E-state index contributed by atoms with van der Waals surface area (Å²) in [5, 5.41) is 3.63. The molecule has 3 saturated heterocycles. The van der Waals surface area contributed by atoms with Crippen LogP contribution in [0.25, 0.3) is 0 Å². The zero-order valence-corrected chi connectivity index (χ0v) is 11.2. The molecule has 0 saturated carbocycles. The van der Waals surface area contributed by atoms with Crippen LogP contribution in [0.15, 0.2) is 0 Å². The predicted octanol–water partition coefficient (Wildman–Crippen LogP) is 1.30. The van der Waals surface area contributed by atoms with Crippen molar-refractivity contribution < 1.29 is 0 Å². The molecule has 0 aromatic rings. The molecule has 3 heterocycles. The monoisotopic (exact) mass is 237 g/mol. The molecule has 3 heteroatoms. The second-order valence-corrected chi connectivity index (χ2v) is 6.19. The molecule has 3 aliphatic rings. The smallest absolute Gasteiger partial charge is 0.0261 e. The van der Waals surface area contributed by atoms with Crippen LogP contribution in [0.4, 0.5) is 0 Å². The van der Waals surface area contributed by atoms with Crippen LogP contribution in [-0.4, -0.2) is 61.2 Å². The van der Waals surface area contributed by atoms with Gasteiger partial charge in [-0.2, -0.15) is 0 Å². The third-order valence-corrected chi connectivity index (χ3v) is 5.06. The van der Waals surface area contributed by atoms with Crippen LogP contribution in [0.1, 0.15) is 38.5 Å². The first-order valence-electron chi connectivity index (χ1n) is 7.52. The summed E-state index contributed by atoms with van der Waals surface area (Å²) >= 11 is 0. The highest BCUT2D eigenvalue weighted by Crippen LogP contribution is 2.30. The number of hydrogen-bond acceptors (Lipinski definition) is 3. The Morgan fingerprint density at radius 3 is 2.88 bits per heavy atom. The Morgan fingerprint density at radius 2 is 2.06 bits per heavy atom. The Morgan fingerprint density at radius 1 is 1.12 bits per heavy atom. The van der Waals surface area contributed by atoms with Gasteiger partial charge in [-0.25, -0.2) is 0 Å². The molecule has 17 heavy (non-hydrogen) atoms. The Bertz CT molecular complexity index is 250. The molecule has 0 amide bonds. The van der Waals surface area contributed by atoms with Crippen molar-refractivity contribution in [2.24, 2.45) is 0 Å². The van der Waals surface area contributed by atoms with E-state index in [1.165, 1.54) is 64.7 Å². The summed E-state index contributed by atoms with van der Waals surface area (Å²) in [7, 11) is 2.35. The van der Waals surface area contributed by atoms with Crippen molar-refractivity contribution in [1.29, 1.82) is 0 Å². The maximum Gasteiger partial charge on any atom is 0.0261 e. The van der Waals surface area contributed by atoms with E-state index in [0.29, 0.717) is 0 Å². The van der Waals surface area contributed by atoms with Crippen molar-refractivity contribution in [3.8, 4) is 0 Å². The Kier molecular flexibility index (Phi) is 3.69. The van der Waals surface area contributed by atoms with Crippen molar-refractivity contribution in [3.63, 3.8) is 0 Å². The van der Waals surface area contributed by atoms with Gasteiger partial charge in [-0.15, -0.1) is 0 Å². The van der Waals surface area contributed by atoms with Gasteiger partial charge in [-0.05, 0) is 52.2 Å². The first kappa shape index (κ1) is 11.9. The number of fused-ring (bicyclic) bond motifs is 1. The highest BCUT2D eigenvalue weighted by molar-refractivity contribution is 4.95. The molecule has 3 fully saturated rings. The zero-order chi connectivity index (χ0) is 11.7. The van der Waals surface area contributed by atoms with Gasteiger partial charge in [-0.1, -0.05) is 6.42 Å². The number of piperidine rings is 1. The minimum absolute atomic E-state index is 0.762. The van der Waals surface area contributed by atoms with E-state index < -0.39 is 0 Å². The first-order chi connectivity index (χ1) is 8.34. The van der Waals surface area contributed by atoms with Crippen molar-refractivity contribution in [3.05, 3.63) is 0 Å². The number of rotatable bonds is 3. The molecular formula is C14H27N3. The molecule has 3 atom stereocenters. The average Bonchev–Trinajstić information content (AvgIpc) is 2.96. The van der Waals surface area contributed by atoms with Crippen molar-refractivity contribution in [2.75, 3.05) is 33.2 Å². The van der Waals surface area contributed by atoms with E-state index in [2.05, 4.69) is 22.2 Å². The number of nitrogens with one attached hydrogen (secondary N) is 1. The van der Waals surface area contributed by atoms with E-state index in [1.54, 1.807) is 0 Å². The van der Waals surface area contributed by atoms with Gasteiger partial charge < -0.3 is 10.2 Å². The molecule has 0 radical (unpaired) electrons. The predicted molar refractivity (Wildman–Crippen MR) is 71.3 cm³/mol. The fraction of sp³-hybridized carbons (Fsp3) is 1.00. The van der Waals surface area contributed by atoms with Gasteiger partial charge in [0.1, 0.15) is 0 Å². The van der Waals surface area contributed by atoms with Crippen molar-refractivity contribution in [1.82, 2.24) is 15.1 Å². The van der Waals surface area contributed by atoms with Crippen molar-refractivity contribution in [2.45, 2.75) is 56.7 Å². The molecule has 3 aliphatic heterocycles. The topological polar surface area (TPSA) is 18.5 Å². The summed E-state index contributed by atoms with van der Waals surface area (Å²) in [5.74, 6) is 0. The third kappa shape index (κ3) is 2.51. The molecule has 3 rings (SSSR count). The molecular weight excluding hydrogens is 210 g/mol. The van der Waals surface area contributed by atoms with E-state index in [1.807, 2.05) is 0 Å². The van der Waals surface area contributed by atoms with E-state index in [-0.39, 0.29) is 0 Å². The zero-order valence-electron chi connectivity index (χ0n) is 11.2. The van der Waals surface area contributed by atoms with Gasteiger partial charge in [0, 0.05) is 31.2 Å². The second kappa shape index (κ2) is 5.25. The highest BCUT2D eigenvalue weighted by atomic mass is 15.3. The van der Waals surface area contributed by atoms with Gasteiger partial charge in [0.05, 0.1) is 0 Å². The fourth-order valence-electron chi connectivity index (χ4n) is 4.13. The standard InChI is InChI=1S/C14H27N3/c1-16(11-12-5-4-8-15-12)13-7-10-17-9-3-2-6-14(13)17/h12-15H,2-11H2,1H3. The normalized spacial score (nSPS) is 38.8. The minimum atomic E-state index is 0.762. The van der Waals surface area contributed by atoms with E-state index in [0.717, 1.165) is 18.1 Å². The summed E-state index contributed by atoms with van der Waals surface area (Å²) < 4.78 is 0. The number of nitrogens with zero attached hydrogens (tertiary/aromatic N) is 2. The fourth-order valence-corrected chi connectivity index (χ4v) is 4.13. The van der Waals surface area contributed by atoms with Gasteiger partial charge in [-0.3, -0.25) is 4.90 Å². The van der Waals surface area contributed by atoms with Crippen LogP contribution in [0.5, 0.6) is 0 Å². The lowest BCUT2D eigenvalue weighted by Gasteiger charge is -2.37. The lowest BCUT2D eigenvalue weighted by Crippen LogP contribution is -2.48. The van der Waals surface area contributed by atoms with Crippen LogP contribution in [0.2, 0.25) is 0 Å². The van der Waals surface area contributed by atoms with E-state index >= 15 is 0 Å². The van der Waals surface area contributed by atoms with Gasteiger partial charge >= 0.3 is 0 Å². The Balaban J connectivity index is 1.55. The van der Waals surface area contributed by atoms with Crippen LogP contribution >= 0.6 is 0 Å². The van der Waals surface area contributed by atoms with E-state index in [9.17, 15) is 0 Å². The average molecular weight is 237 g/mol. The molecule has 0 bridgehead atoms. The molecule has 3 unspecified atom stereocenters. The highest BCUT2D eigenvalue weighted by Gasteiger charge is 2.37. The van der Waals surface area contributed by atoms with Gasteiger partial charge in [0.25, 0.3) is 0 Å². The largest absolute Gasteiger partial charge is 0.313 e. The van der Waals surface area contributed by atoms with Crippen LogP contribution in [-0.2, 0) is 0 Å². The maximum absolute atomic E-state index is 3.63. The second-order valence-electron chi connectivity index (χ2n) is 6.19. The Labute approximate surface area is 106 Å². The summed E-state index contributed by atoms with van der Waals surface area (Å²) in [5.41, 5.74) is 0. The van der Waals surface area contributed by atoms with Crippen molar-refractivity contribution >= 4 is 0 Å². The summed E-state index contributed by atoms with van der Waals surface area (Å²) in [6.07, 6.45) is 8.47. The number of hydrogen-bond donors (Lipinski definition) is 1. The molecule has 0 aromatic carbocycles. The summed E-state index contributed by atoms with van der Waals surface area (Å²) in [4.78, 5) is 5.39. The summed E-state index contributed by atoms with van der Waals surface area (Å²) in [6.45, 7) is 5.20. The molecule has 98 valence electrons. The van der Waals surface area contributed by atoms with Crippen LogP contribution < -0.4 is 5.32 Å². The molecule has 0 aromatic heterocycles. The minimum Gasteiger partial charge on any atom is -0.313 e. The molecule has 3 nitrogen and oxygen atoms in total. The quantitative estimate of drug-likeness (QED) is 0.798. The van der Waals surface area contributed by atoms with Crippen LogP contribution in [0.3, 0.4) is 0 Å². The Hall–Kier alpha value is -0.120. The van der Waals surface area contributed by atoms with E-state index in [4.69, 9.17) is 0 Å². The first-order valence-corrected chi connectivity index (χ1v) is 7.52. The van der Waals surface area contributed by atoms with Gasteiger partial charge in [0.15, 0.2) is 0 Å². The SMILES string of the molecule is CN(CC1CCCN1)C1CCN2CCCCC12. The lowest BCUT2D eigenvalue weighted by atomic mass is 9.98. The molecule has 0 aliphatic carbocycles. The third-order valence-electron chi connectivity index (χ3n) is 5.06. The molecule has 0 spiro atoms. The molecule has 1 N–H and O–H groups in total.